The first kappa shape index (κ1) is 30.2. The van der Waals surface area contributed by atoms with Gasteiger partial charge in [-0.15, -0.1) is 0 Å². The molecule has 39 heavy (non-hydrogen) atoms. The Hall–Kier alpha value is -3.38. The number of Topliss-reactive ketones (excluding diaryl/α,β-unsaturated/α-hetero) is 1. The second-order valence-electron chi connectivity index (χ2n) is 12.1. The number of benzene rings is 2. The van der Waals surface area contributed by atoms with Crippen molar-refractivity contribution in [3.05, 3.63) is 90.5 Å². The third-order valence-corrected chi connectivity index (χ3v) is 11.9. The molecule has 6 nitrogen and oxygen atoms in total. The summed E-state index contributed by atoms with van der Waals surface area (Å²) in [5.41, 5.74) is 7.48. The molecule has 7 heteroatoms. The molecule has 2 aromatic rings. The molecule has 2 aromatic carbocycles. The fraction of sp³-hybridized carbons (Fsp3) is 0.406. The number of carbonyl (C=O) groups excluding carboxylic acids is 2. The molecule has 0 fully saturated rings. The van der Waals surface area contributed by atoms with Crippen LogP contribution in [0.25, 0.3) is 5.53 Å². The van der Waals surface area contributed by atoms with Gasteiger partial charge in [0.25, 0.3) is 14.1 Å². The molecule has 0 aliphatic heterocycles. The maximum atomic E-state index is 13.0. The molecule has 0 spiro atoms. The van der Waals surface area contributed by atoms with E-state index in [1.54, 1.807) is 20.8 Å². The molecule has 0 radical (unpaired) electrons. The van der Waals surface area contributed by atoms with Crippen LogP contribution >= 0.6 is 0 Å². The van der Waals surface area contributed by atoms with Crippen molar-refractivity contribution in [1.29, 1.82) is 0 Å². The molecule has 0 aromatic heterocycles. The van der Waals surface area contributed by atoms with Crippen molar-refractivity contribution in [2.45, 2.75) is 71.4 Å². The SMILES string of the molecule is CC(C)(C)OC(=O)C(=[N+]=[N-])C(=O)CCC1(CO[Si](c2ccccc2)(c2ccccc2)C(C)(C)C)C=CCC=C1. The molecule has 0 amide bonds. The first-order valence-electron chi connectivity index (χ1n) is 13.4. The van der Waals surface area contributed by atoms with Crippen LogP contribution < -0.4 is 10.4 Å². The number of ketones is 1. The zero-order chi connectivity index (χ0) is 28.7. The minimum absolute atomic E-state index is 0.00256. The minimum atomic E-state index is -2.80. The monoisotopic (exact) mass is 544 g/mol. The number of ether oxygens (including phenoxy) is 1. The van der Waals surface area contributed by atoms with E-state index >= 15 is 0 Å². The molecule has 0 saturated carbocycles. The smallest absolute Gasteiger partial charge is 0.441 e. The number of nitrogens with zero attached hydrogens (tertiary/aromatic N) is 2. The zero-order valence-corrected chi connectivity index (χ0v) is 24.9. The number of carbonyl (C=O) groups is 2. The number of esters is 1. The molecule has 0 saturated heterocycles. The Labute approximate surface area is 233 Å². The average molecular weight is 545 g/mol. The molecular weight excluding hydrogens is 504 g/mol. The largest absolute Gasteiger partial charge is 0.451 e. The lowest BCUT2D eigenvalue weighted by molar-refractivity contribution is -0.152. The van der Waals surface area contributed by atoms with Crippen molar-refractivity contribution in [2.75, 3.05) is 6.61 Å². The fourth-order valence-electron chi connectivity index (χ4n) is 5.08. The fourth-order valence-corrected chi connectivity index (χ4v) is 9.72. The third kappa shape index (κ3) is 7.18. The van der Waals surface area contributed by atoms with Crippen molar-refractivity contribution < 1.29 is 23.5 Å². The van der Waals surface area contributed by atoms with E-state index in [0.29, 0.717) is 13.0 Å². The van der Waals surface area contributed by atoms with E-state index in [2.05, 4.69) is 98.4 Å². The van der Waals surface area contributed by atoms with Crippen LogP contribution in [0.4, 0.5) is 0 Å². The predicted molar refractivity (Wildman–Crippen MR) is 158 cm³/mol. The highest BCUT2D eigenvalue weighted by atomic mass is 28.4. The third-order valence-electron chi connectivity index (χ3n) is 6.92. The van der Waals surface area contributed by atoms with Crippen molar-refractivity contribution >= 4 is 36.2 Å². The molecule has 206 valence electrons. The van der Waals surface area contributed by atoms with Gasteiger partial charge >= 0.3 is 11.7 Å². The van der Waals surface area contributed by atoms with E-state index in [1.807, 2.05) is 12.1 Å². The van der Waals surface area contributed by atoms with Crippen LogP contribution in [0.15, 0.2) is 85.0 Å². The second kappa shape index (κ2) is 12.2. The highest BCUT2D eigenvalue weighted by molar-refractivity contribution is 6.99. The molecule has 0 bridgehead atoms. The molecule has 1 aliphatic rings. The van der Waals surface area contributed by atoms with Gasteiger partial charge in [-0.05, 0) is 49.0 Å². The molecule has 1 aliphatic carbocycles. The molecule has 0 unspecified atom stereocenters. The zero-order valence-electron chi connectivity index (χ0n) is 23.9. The summed E-state index contributed by atoms with van der Waals surface area (Å²) in [7, 11) is -2.80. The number of hydrogen-bond donors (Lipinski definition) is 0. The Morgan fingerprint density at radius 3 is 1.85 bits per heavy atom. The van der Waals surface area contributed by atoms with Gasteiger partial charge in [0.05, 0.1) is 0 Å². The Kier molecular flexibility index (Phi) is 9.44. The summed E-state index contributed by atoms with van der Waals surface area (Å²) in [4.78, 5) is 28.5. The standard InChI is InChI=1S/C32H40N2O4Si/c1-30(2,3)38-29(36)28(34-33)27(35)20-23-32(21-14-9-15-22-32)24-37-39(31(4,5)6,25-16-10-7-11-17-25)26-18-12-8-13-19-26/h7-8,10-19,21-22H,9,20,23-24H2,1-6H3. The Bertz CT molecular complexity index is 1210. The summed E-state index contributed by atoms with van der Waals surface area (Å²) in [6, 6.07) is 20.8. The second-order valence-corrected chi connectivity index (χ2v) is 16.4. The van der Waals surface area contributed by atoms with Crippen molar-refractivity contribution in [2.24, 2.45) is 5.41 Å². The molecular formula is C32H40N2O4Si. The quantitative estimate of drug-likeness (QED) is 0.0759. The van der Waals surface area contributed by atoms with Crippen LogP contribution in [0.3, 0.4) is 0 Å². The van der Waals surface area contributed by atoms with E-state index in [9.17, 15) is 15.1 Å². The van der Waals surface area contributed by atoms with Gasteiger partial charge in [-0.25, -0.2) is 4.79 Å². The van der Waals surface area contributed by atoms with Gasteiger partial charge in [-0.3, -0.25) is 4.79 Å². The average Bonchev–Trinajstić information content (AvgIpc) is 2.88. The normalized spacial score (nSPS) is 14.9. The van der Waals surface area contributed by atoms with Gasteiger partial charge < -0.3 is 14.7 Å². The highest BCUT2D eigenvalue weighted by Gasteiger charge is 2.51. The van der Waals surface area contributed by atoms with E-state index in [0.717, 1.165) is 6.42 Å². The Morgan fingerprint density at radius 1 is 0.897 bits per heavy atom. The number of allylic oxidation sites excluding steroid dienone is 2. The van der Waals surface area contributed by atoms with Crippen LogP contribution in [-0.2, 0) is 18.8 Å². The van der Waals surface area contributed by atoms with Crippen molar-refractivity contribution in [1.82, 2.24) is 0 Å². The van der Waals surface area contributed by atoms with Crippen LogP contribution in [0, 0.1) is 5.41 Å². The molecule has 0 N–H and O–H groups in total. The van der Waals surface area contributed by atoms with E-state index in [1.165, 1.54) is 10.4 Å². The Balaban J connectivity index is 1.94. The van der Waals surface area contributed by atoms with E-state index in [4.69, 9.17) is 9.16 Å². The molecule has 0 heterocycles. The molecule has 3 rings (SSSR count). The lowest BCUT2D eigenvalue weighted by atomic mass is 9.80. The van der Waals surface area contributed by atoms with E-state index < -0.39 is 36.8 Å². The van der Waals surface area contributed by atoms with Crippen LogP contribution in [0.2, 0.25) is 5.04 Å². The summed E-state index contributed by atoms with van der Waals surface area (Å²) in [5, 5.41) is 2.17. The van der Waals surface area contributed by atoms with Gasteiger partial charge in [0, 0.05) is 18.4 Å². The van der Waals surface area contributed by atoms with Gasteiger partial charge in [0.15, 0.2) is 0 Å². The van der Waals surface area contributed by atoms with Crippen molar-refractivity contribution in [3.63, 3.8) is 0 Å². The Morgan fingerprint density at radius 2 is 1.41 bits per heavy atom. The maximum absolute atomic E-state index is 13.0. The predicted octanol–water partition coefficient (Wildman–Crippen LogP) is 5.43. The van der Waals surface area contributed by atoms with E-state index in [-0.39, 0.29) is 11.5 Å². The highest BCUT2D eigenvalue weighted by Crippen LogP contribution is 2.40. The maximum Gasteiger partial charge on any atom is 0.441 e. The van der Waals surface area contributed by atoms with Gasteiger partial charge in [0.2, 0.25) is 0 Å². The van der Waals surface area contributed by atoms with Gasteiger partial charge in [0.1, 0.15) is 5.60 Å². The number of rotatable bonds is 10. The number of hydrogen-bond acceptors (Lipinski definition) is 4. The summed E-state index contributed by atoms with van der Waals surface area (Å²) >= 11 is 0. The van der Waals surface area contributed by atoms with Crippen molar-refractivity contribution in [3.8, 4) is 0 Å². The minimum Gasteiger partial charge on any atom is -0.451 e. The first-order valence-corrected chi connectivity index (χ1v) is 15.3. The summed E-state index contributed by atoms with van der Waals surface area (Å²) in [6.07, 6.45) is 9.54. The summed E-state index contributed by atoms with van der Waals surface area (Å²) < 4.78 is 12.5. The van der Waals surface area contributed by atoms with Crippen LogP contribution in [0.5, 0.6) is 0 Å². The lowest BCUT2D eigenvalue weighted by Crippen LogP contribution is -2.67. The van der Waals surface area contributed by atoms with Gasteiger partial charge in [-0.1, -0.05) is 106 Å². The topological polar surface area (TPSA) is 89.0 Å². The molecule has 0 atom stereocenters. The first-order chi connectivity index (χ1) is 18.3. The summed E-state index contributed by atoms with van der Waals surface area (Å²) in [6.45, 7) is 12.1. The summed E-state index contributed by atoms with van der Waals surface area (Å²) in [5.74, 6) is -1.49. The van der Waals surface area contributed by atoms with Crippen LogP contribution in [-0.4, -0.2) is 42.8 Å². The van der Waals surface area contributed by atoms with Gasteiger partial charge in [-0.2, -0.15) is 4.79 Å². The lowest BCUT2D eigenvalue weighted by Gasteiger charge is -2.45. The van der Waals surface area contributed by atoms with Crippen LogP contribution in [0.1, 0.15) is 60.8 Å².